The predicted octanol–water partition coefficient (Wildman–Crippen LogP) is 5.08. The minimum absolute atomic E-state index is 0.0414. The largest absolute Gasteiger partial charge is 0.491 e. The van der Waals surface area contributed by atoms with Crippen LogP contribution in [0, 0.1) is 6.92 Å². The van der Waals surface area contributed by atoms with E-state index in [1.807, 2.05) is 31.2 Å². The van der Waals surface area contributed by atoms with Crippen LogP contribution in [-0.4, -0.2) is 33.5 Å². The highest BCUT2D eigenvalue weighted by atomic mass is 35.5. The number of hydrogen-bond acceptors (Lipinski definition) is 4. The molecule has 1 amide bonds. The normalized spacial score (nSPS) is 12.1. The number of ether oxygens (including phenoxy) is 1. The van der Waals surface area contributed by atoms with Crippen molar-refractivity contribution in [2.75, 3.05) is 17.5 Å². The van der Waals surface area contributed by atoms with Crippen molar-refractivity contribution in [2.24, 2.45) is 0 Å². The number of nitrogens with one attached hydrogen (secondary N) is 1. The van der Waals surface area contributed by atoms with E-state index in [1.54, 1.807) is 25.1 Å². The van der Waals surface area contributed by atoms with Crippen LogP contribution in [0.15, 0.2) is 77.7 Å². The zero-order valence-electron chi connectivity index (χ0n) is 18.2. The molecule has 3 aromatic rings. The number of halogens is 2. The first-order chi connectivity index (χ1) is 15.7. The first kappa shape index (κ1) is 24.9. The maximum Gasteiger partial charge on any atom is 0.264 e. The molecular weight excluding hydrogens is 483 g/mol. The lowest BCUT2D eigenvalue weighted by molar-refractivity contribution is -0.120. The highest BCUT2D eigenvalue weighted by molar-refractivity contribution is 7.92. The standard InChI is InChI=1S/C24H24Cl2N2O4S/c1-17-8-6-7-11-23(17)32-16-18(2)27-24(29)15-28(22-13-12-19(25)14-21(22)26)33(30,31)20-9-4-3-5-10-20/h3-14,18H,15-16H2,1-2H3,(H,27,29). The Balaban J connectivity index is 1.78. The van der Waals surface area contributed by atoms with E-state index in [2.05, 4.69) is 5.32 Å². The van der Waals surface area contributed by atoms with Gasteiger partial charge in [-0.2, -0.15) is 0 Å². The van der Waals surface area contributed by atoms with Crippen molar-refractivity contribution in [3.63, 3.8) is 0 Å². The lowest BCUT2D eigenvalue weighted by Gasteiger charge is -2.26. The number of nitrogens with zero attached hydrogens (tertiary/aromatic N) is 1. The van der Waals surface area contributed by atoms with Gasteiger partial charge < -0.3 is 10.1 Å². The number of amides is 1. The Morgan fingerprint density at radius 3 is 2.36 bits per heavy atom. The molecule has 0 saturated carbocycles. The third kappa shape index (κ3) is 6.41. The van der Waals surface area contributed by atoms with Gasteiger partial charge in [0.2, 0.25) is 5.91 Å². The lowest BCUT2D eigenvalue weighted by atomic mass is 10.2. The second kappa shape index (κ2) is 10.9. The fourth-order valence-corrected chi connectivity index (χ4v) is 5.15. The second-order valence-corrected chi connectivity index (χ2v) is 10.2. The van der Waals surface area contributed by atoms with Crippen LogP contribution < -0.4 is 14.4 Å². The van der Waals surface area contributed by atoms with Crippen LogP contribution in [0.3, 0.4) is 0 Å². The molecule has 0 saturated heterocycles. The van der Waals surface area contributed by atoms with Gasteiger partial charge >= 0.3 is 0 Å². The van der Waals surface area contributed by atoms with Gasteiger partial charge in [-0.1, -0.05) is 59.6 Å². The molecule has 0 heterocycles. The number of carbonyl (C=O) groups excluding carboxylic acids is 1. The molecule has 33 heavy (non-hydrogen) atoms. The van der Waals surface area contributed by atoms with Gasteiger partial charge in [-0.25, -0.2) is 8.42 Å². The van der Waals surface area contributed by atoms with Gasteiger partial charge in [0.1, 0.15) is 18.9 Å². The number of hydrogen-bond donors (Lipinski definition) is 1. The Bertz CT molecular complexity index is 1220. The van der Waals surface area contributed by atoms with Crippen molar-refractivity contribution in [2.45, 2.75) is 24.8 Å². The summed E-state index contributed by atoms with van der Waals surface area (Å²) in [5.74, 6) is 0.223. The zero-order valence-corrected chi connectivity index (χ0v) is 20.5. The maximum absolute atomic E-state index is 13.4. The third-order valence-electron chi connectivity index (χ3n) is 4.79. The topological polar surface area (TPSA) is 75.7 Å². The summed E-state index contributed by atoms with van der Waals surface area (Å²) in [5.41, 5.74) is 1.14. The molecule has 0 fully saturated rings. The van der Waals surface area contributed by atoms with Crippen LogP contribution in [-0.2, 0) is 14.8 Å². The smallest absolute Gasteiger partial charge is 0.264 e. The highest BCUT2D eigenvalue weighted by Gasteiger charge is 2.29. The monoisotopic (exact) mass is 506 g/mol. The Hall–Kier alpha value is -2.74. The van der Waals surface area contributed by atoms with Gasteiger partial charge in [0, 0.05) is 5.02 Å². The molecule has 174 valence electrons. The van der Waals surface area contributed by atoms with E-state index in [-0.39, 0.29) is 28.3 Å². The molecule has 0 spiro atoms. The first-order valence-electron chi connectivity index (χ1n) is 10.2. The van der Waals surface area contributed by atoms with E-state index in [9.17, 15) is 13.2 Å². The average molecular weight is 507 g/mol. The number of anilines is 1. The van der Waals surface area contributed by atoms with Crippen LogP contribution >= 0.6 is 23.2 Å². The van der Waals surface area contributed by atoms with Gasteiger partial charge in [0.05, 0.1) is 21.6 Å². The molecule has 1 N–H and O–H groups in total. The van der Waals surface area contributed by atoms with Gasteiger partial charge in [0.15, 0.2) is 0 Å². The molecule has 1 atom stereocenters. The summed E-state index contributed by atoms with van der Waals surface area (Å²) < 4.78 is 33.5. The minimum atomic E-state index is -4.07. The molecule has 0 aliphatic heterocycles. The van der Waals surface area contributed by atoms with Crippen molar-refractivity contribution in [3.05, 3.63) is 88.4 Å². The van der Waals surface area contributed by atoms with Crippen LogP contribution in [0.2, 0.25) is 10.0 Å². The van der Waals surface area contributed by atoms with E-state index in [4.69, 9.17) is 27.9 Å². The quantitative estimate of drug-likeness (QED) is 0.438. The average Bonchev–Trinajstić information content (AvgIpc) is 2.78. The van der Waals surface area contributed by atoms with Crippen LogP contribution in [0.4, 0.5) is 5.69 Å². The fraction of sp³-hybridized carbons (Fsp3) is 0.208. The Morgan fingerprint density at radius 1 is 1.03 bits per heavy atom. The van der Waals surface area contributed by atoms with Crippen molar-refractivity contribution in [3.8, 4) is 5.75 Å². The van der Waals surface area contributed by atoms with E-state index < -0.39 is 22.5 Å². The summed E-state index contributed by atoms with van der Waals surface area (Å²) in [4.78, 5) is 12.9. The number of rotatable bonds is 9. The summed E-state index contributed by atoms with van der Waals surface area (Å²) >= 11 is 12.3. The van der Waals surface area contributed by atoms with Gasteiger partial charge in [-0.3, -0.25) is 9.10 Å². The van der Waals surface area contributed by atoms with Gasteiger partial charge in [-0.05, 0) is 55.8 Å². The summed E-state index contributed by atoms with van der Waals surface area (Å²) in [6.45, 7) is 3.47. The Kier molecular flexibility index (Phi) is 8.24. The van der Waals surface area contributed by atoms with E-state index >= 15 is 0 Å². The molecule has 3 aromatic carbocycles. The van der Waals surface area contributed by atoms with Gasteiger partial charge in [0.25, 0.3) is 10.0 Å². The van der Waals surface area contributed by atoms with Gasteiger partial charge in [-0.15, -0.1) is 0 Å². The van der Waals surface area contributed by atoms with Crippen molar-refractivity contribution in [1.29, 1.82) is 0 Å². The maximum atomic E-state index is 13.4. The Morgan fingerprint density at radius 2 is 1.70 bits per heavy atom. The SMILES string of the molecule is Cc1ccccc1OCC(C)NC(=O)CN(c1ccc(Cl)cc1Cl)S(=O)(=O)c1ccccc1. The molecule has 0 aliphatic carbocycles. The predicted molar refractivity (Wildman–Crippen MR) is 132 cm³/mol. The lowest BCUT2D eigenvalue weighted by Crippen LogP contribution is -2.45. The third-order valence-corrected chi connectivity index (χ3v) is 7.10. The summed E-state index contributed by atoms with van der Waals surface area (Å²) in [5, 5.41) is 3.26. The van der Waals surface area contributed by atoms with Crippen LogP contribution in [0.1, 0.15) is 12.5 Å². The van der Waals surface area contributed by atoms with E-state index in [1.165, 1.54) is 30.3 Å². The molecule has 9 heteroatoms. The molecule has 0 aromatic heterocycles. The summed E-state index contributed by atoms with van der Waals surface area (Å²) in [7, 11) is -4.07. The molecule has 0 radical (unpaired) electrons. The van der Waals surface area contributed by atoms with Crippen LogP contribution in [0.25, 0.3) is 0 Å². The number of benzene rings is 3. The molecular formula is C24H24Cl2N2O4S. The van der Waals surface area contributed by atoms with E-state index in [0.717, 1.165) is 15.6 Å². The summed E-state index contributed by atoms with van der Waals surface area (Å²) in [6, 6.07) is 19.5. The van der Waals surface area contributed by atoms with Crippen molar-refractivity contribution < 1.29 is 17.9 Å². The number of carbonyl (C=O) groups is 1. The number of aryl methyl sites for hydroxylation is 1. The second-order valence-electron chi connectivity index (χ2n) is 7.47. The van der Waals surface area contributed by atoms with Crippen molar-refractivity contribution >= 4 is 44.8 Å². The molecule has 0 bridgehead atoms. The fourth-order valence-electron chi connectivity index (χ4n) is 3.13. The van der Waals surface area contributed by atoms with Crippen LogP contribution in [0.5, 0.6) is 5.75 Å². The first-order valence-corrected chi connectivity index (χ1v) is 12.4. The highest BCUT2D eigenvalue weighted by Crippen LogP contribution is 2.32. The van der Waals surface area contributed by atoms with Crippen molar-refractivity contribution in [1.82, 2.24) is 5.32 Å². The number of para-hydroxylation sites is 1. The molecule has 3 rings (SSSR count). The zero-order chi connectivity index (χ0) is 24.0. The molecule has 0 aliphatic rings. The van der Waals surface area contributed by atoms with E-state index in [0.29, 0.717) is 5.02 Å². The molecule has 1 unspecified atom stereocenters. The number of sulfonamides is 1. The molecule has 6 nitrogen and oxygen atoms in total. The summed E-state index contributed by atoms with van der Waals surface area (Å²) in [6.07, 6.45) is 0. The minimum Gasteiger partial charge on any atom is -0.491 e. The Labute approximate surface area is 204 Å².